The van der Waals surface area contributed by atoms with Gasteiger partial charge >= 0.3 is 0 Å². The van der Waals surface area contributed by atoms with Gasteiger partial charge in [-0.1, -0.05) is 48.0 Å². The summed E-state index contributed by atoms with van der Waals surface area (Å²) in [7, 11) is 0. The summed E-state index contributed by atoms with van der Waals surface area (Å²) in [5.41, 5.74) is 0. The highest BCUT2D eigenvalue weighted by Gasteiger charge is 1.80. The third-order valence-corrected chi connectivity index (χ3v) is 2.71. The van der Waals surface area contributed by atoms with Crippen molar-refractivity contribution in [1.82, 2.24) is 0 Å². The highest BCUT2D eigenvalue weighted by molar-refractivity contribution is 7.98. The van der Waals surface area contributed by atoms with Gasteiger partial charge < -0.3 is 0 Å². The van der Waals surface area contributed by atoms with Gasteiger partial charge in [0.15, 0.2) is 0 Å². The minimum absolute atomic E-state index is 0.794. The van der Waals surface area contributed by atoms with Gasteiger partial charge in [0, 0.05) is 9.92 Å². The Morgan fingerprint density at radius 1 is 0.800 bits per heavy atom. The summed E-state index contributed by atoms with van der Waals surface area (Å²) in [5, 5.41) is 0.794. The first-order chi connectivity index (χ1) is 7.33. The van der Waals surface area contributed by atoms with E-state index in [1.807, 2.05) is 48.5 Å². The predicted octanol–water partition coefficient (Wildman–Crippen LogP) is 4.75. The third-order valence-electron chi connectivity index (χ3n) is 1.71. The summed E-state index contributed by atoms with van der Waals surface area (Å²) in [6.45, 7) is 0. The van der Waals surface area contributed by atoms with Gasteiger partial charge in [-0.25, -0.2) is 0 Å². The lowest BCUT2D eigenvalue weighted by molar-refractivity contribution is 1.47. The molecular weight excluding hydrogens is 224 g/mol. The topological polar surface area (TPSA) is 0 Å². The molecule has 0 atom stereocenters. The van der Waals surface area contributed by atoms with Gasteiger partial charge in [-0.05, 0) is 30.5 Å². The fraction of sp³-hybridized carbons (Fsp3) is 0.0769. The third kappa shape index (κ3) is 5.50. The quantitative estimate of drug-likeness (QED) is 0.644. The van der Waals surface area contributed by atoms with E-state index in [-0.39, 0.29) is 0 Å². The zero-order valence-electron chi connectivity index (χ0n) is 8.56. The molecule has 15 heavy (non-hydrogen) atoms. The van der Waals surface area contributed by atoms with Crippen molar-refractivity contribution in [3.8, 4) is 0 Å². The molecule has 0 aliphatic rings. The van der Waals surface area contributed by atoms with Crippen molar-refractivity contribution in [1.29, 1.82) is 0 Å². The molecule has 0 saturated heterocycles. The zero-order chi connectivity index (χ0) is 10.9. The van der Waals surface area contributed by atoms with E-state index in [9.17, 15) is 0 Å². The van der Waals surface area contributed by atoms with E-state index in [4.69, 9.17) is 11.6 Å². The molecule has 0 aromatic heterocycles. The monoisotopic (exact) mass is 236 g/mol. The molecule has 78 valence electrons. The maximum atomic E-state index is 5.54. The molecule has 0 bridgehead atoms. The van der Waals surface area contributed by atoms with Crippen LogP contribution < -0.4 is 0 Å². The Morgan fingerprint density at radius 3 is 1.53 bits per heavy atom. The van der Waals surface area contributed by atoms with Crippen LogP contribution in [0.15, 0.2) is 65.6 Å². The predicted molar refractivity (Wildman–Crippen MR) is 69.7 cm³/mol. The Balaban J connectivity index is 0.000000151. The molecule has 0 N–H and O–H groups in total. The van der Waals surface area contributed by atoms with Gasteiger partial charge in [0.2, 0.25) is 0 Å². The summed E-state index contributed by atoms with van der Waals surface area (Å²) in [6.07, 6.45) is 2.08. The average molecular weight is 237 g/mol. The minimum Gasteiger partial charge on any atom is -0.130 e. The van der Waals surface area contributed by atoms with Crippen LogP contribution in [-0.4, -0.2) is 6.26 Å². The van der Waals surface area contributed by atoms with Crippen LogP contribution in [0.3, 0.4) is 0 Å². The van der Waals surface area contributed by atoms with Crippen LogP contribution in [-0.2, 0) is 0 Å². The number of hydrogen-bond acceptors (Lipinski definition) is 1. The Hall–Kier alpha value is -0.920. The number of benzene rings is 2. The number of thioether (sulfide) groups is 1. The van der Waals surface area contributed by atoms with Crippen molar-refractivity contribution < 1.29 is 0 Å². The van der Waals surface area contributed by atoms with Crippen LogP contribution in [0.25, 0.3) is 0 Å². The highest BCUT2D eigenvalue weighted by Crippen LogP contribution is 2.11. The summed E-state index contributed by atoms with van der Waals surface area (Å²) in [5.74, 6) is 0. The average Bonchev–Trinajstić information content (AvgIpc) is 2.32. The highest BCUT2D eigenvalue weighted by atomic mass is 35.5. The molecule has 2 aromatic rings. The first-order valence-corrected chi connectivity index (χ1v) is 6.23. The molecule has 0 nitrogen and oxygen atoms in total. The smallest absolute Gasteiger partial charge is 0.0405 e. The maximum absolute atomic E-state index is 5.54. The Labute approximate surface area is 100 Å². The summed E-state index contributed by atoms with van der Waals surface area (Å²) in [6, 6.07) is 19.8. The van der Waals surface area contributed by atoms with Crippen LogP contribution in [0.4, 0.5) is 0 Å². The molecular formula is C13H13ClS. The molecule has 0 fully saturated rings. The fourth-order valence-corrected chi connectivity index (χ4v) is 1.55. The lowest BCUT2D eigenvalue weighted by Crippen LogP contribution is -1.62. The lowest BCUT2D eigenvalue weighted by atomic mass is 10.4. The molecule has 0 spiro atoms. The maximum Gasteiger partial charge on any atom is 0.0405 e. The van der Waals surface area contributed by atoms with Crippen molar-refractivity contribution in [3.63, 3.8) is 0 Å². The van der Waals surface area contributed by atoms with Crippen molar-refractivity contribution in [2.75, 3.05) is 6.26 Å². The summed E-state index contributed by atoms with van der Waals surface area (Å²) >= 11 is 7.31. The first kappa shape index (κ1) is 12.2. The second kappa shape index (κ2) is 7.38. The van der Waals surface area contributed by atoms with E-state index in [1.165, 1.54) is 4.90 Å². The van der Waals surface area contributed by atoms with Gasteiger partial charge in [0.25, 0.3) is 0 Å². The van der Waals surface area contributed by atoms with Gasteiger partial charge in [-0.2, -0.15) is 0 Å². The van der Waals surface area contributed by atoms with Crippen LogP contribution in [0.1, 0.15) is 0 Å². The van der Waals surface area contributed by atoms with Crippen molar-refractivity contribution >= 4 is 23.4 Å². The Bertz CT molecular complexity index is 359. The Morgan fingerprint density at radius 2 is 1.27 bits per heavy atom. The second-order valence-corrected chi connectivity index (χ2v) is 4.13. The number of hydrogen-bond donors (Lipinski definition) is 0. The lowest BCUT2D eigenvalue weighted by Gasteiger charge is -1.89. The van der Waals surface area contributed by atoms with E-state index >= 15 is 0 Å². The van der Waals surface area contributed by atoms with Crippen LogP contribution >= 0.6 is 23.4 Å². The molecule has 0 saturated carbocycles. The summed E-state index contributed by atoms with van der Waals surface area (Å²) < 4.78 is 0. The van der Waals surface area contributed by atoms with Crippen molar-refractivity contribution in [2.24, 2.45) is 0 Å². The molecule has 2 rings (SSSR count). The molecule has 2 heteroatoms. The van der Waals surface area contributed by atoms with E-state index in [0.717, 1.165) is 5.02 Å². The molecule has 0 amide bonds. The van der Waals surface area contributed by atoms with E-state index < -0.39 is 0 Å². The first-order valence-electron chi connectivity index (χ1n) is 4.62. The standard InChI is InChI=1S/C7H8S.C6H5Cl/c1-8-7-5-3-2-4-6-7;7-6-4-2-1-3-5-6/h2-6H,1H3;1-5H. The Kier molecular flexibility index (Phi) is 5.98. The van der Waals surface area contributed by atoms with Crippen LogP contribution in [0.5, 0.6) is 0 Å². The molecule has 0 radical (unpaired) electrons. The fourth-order valence-electron chi connectivity index (χ4n) is 0.971. The van der Waals surface area contributed by atoms with Crippen molar-refractivity contribution in [2.45, 2.75) is 4.90 Å². The van der Waals surface area contributed by atoms with E-state index in [0.29, 0.717) is 0 Å². The van der Waals surface area contributed by atoms with Crippen LogP contribution in [0.2, 0.25) is 5.02 Å². The van der Waals surface area contributed by atoms with Gasteiger partial charge in [-0.15, -0.1) is 11.8 Å². The molecule has 2 aromatic carbocycles. The summed E-state index contributed by atoms with van der Waals surface area (Å²) in [4.78, 5) is 1.33. The normalized spacial score (nSPS) is 8.93. The van der Waals surface area contributed by atoms with E-state index in [1.54, 1.807) is 11.8 Å². The molecule has 0 heterocycles. The number of rotatable bonds is 1. The molecule has 0 aliphatic carbocycles. The second-order valence-electron chi connectivity index (χ2n) is 2.81. The zero-order valence-corrected chi connectivity index (χ0v) is 10.1. The molecule has 0 unspecified atom stereocenters. The van der Waals surface area contributed by atoms with Crippen molar-refractivity contribution in [3.05, 3.63) is 65.7 Å². The van der Waals surface area contributed by atoms with Gasteiger partial charge in [0.05, 0.1) is 0 Å². The SMILES string of the molecule is CSc1ccccc1.Clc1ccccc1. The number of halogens is 1. The molecule has 0 aliphatic heterocycles. The van der Waals surface area contributed by atoms with Crippen LogP contribution in [0, 0.1) is 0 Å². The van der Waals surface area contributed by atoms with E-state index in [2.05, 4.69) is 18.4 Å². The van der Waals surface area contributed by atoms with Gasteiger partial charge in [-0.3, -0.25) is 0 Å². The largest absolute Gasteiger partial charge is 0.130 e. The minimum atomic E-state index is 0.794. The van der Waals surface area contributed by atoms with Gasteiger partial charge in [0.1, 0.15) is 0 Å².